The van der Waals surface area contributed by atoms with Crippen molar-refractivity contribution >= 4 is 17.1 Å². The number of nitrogens with two attached hydrogens (primary N) is 1. The lowest BCUT2D eigenvalue weighted by Gasteiger charge is -2.12. The van der Waals surface area contributed by atoms with Gasteiger partial charge in [-0.25, -0.2) is 8.91 Å². The predicted molar refractivity (Wildman–Crippen MR) is 75.0 cm³/mol. The van der Waals surface area contributed by atoms with Crippen LogP contribution in [0.4, 0.5) is 4.39 Å². The standard InChI is InChI=1S/C14H12ClFN4/c15-11-2-1-3-12(16)9(11)6-13(17)10-7-19-20-5-4-18-8-14(10)20/h1-5,7-8,13H,6,17H2. The molecule has 3 rings (SSSR count). The minimum atomic E-state index is -0.397. The van der Waals surface area contributed by atoms with Gasteiger partial charge in [0.1, 0.15) is 5.82 Å². The van der Waals surface area contributed by atoms with Crippen LogP contribution in [0.2, 0.25) is 5.02 Å². The van der Waals surface area contributed by atoms with E-state index in [1.807, 2.05) is 0 Å². The van der Waals surface area contributed by atoms with E-state index in [0.29, 0.717) is 17.0 Å². The van der Waals surface area contributed by atoms with E-state index in [1.54, 1.807) is 41.4 Å². The summed E-state index contributed by atoms with van der Waals surface area (Å²) in [6.07, 6.45) is 7.05. The first-order chi connectivity index (χ1) is 9.66. The summed E-state index contributed by atoms with van der Waals surface area (Å²) in [6.45, 7) is 0. The number of rotatable bonds is 3. The number of hydrogen-bond donors (Lipinski definition) is 1. The van der Waals surface area contributed by atoms with Gasteiger partial charge in [-0.2, -0.15) is 5.10 Å². The summed E-state index contributed by atoms with van der Waals surface area (Å²) < 4.78 is 15.5. The van der Waals surface area contributed by atoms with Crippen molar-refractivity contribution in [2.75, 3.05) is 0 Å². The first-order valence-electron chi connectivity index (χ1n) is 6.12. The van der Waals surface area contributed by atoms with Crippen molar-refractivity contribution in [3.8, 4) is 0 Å². The van der Waals surface area contributed by atoms with Crippen molar-refractivity contribution in [2.45, 2.75) is 12.5 Å². The number of aromatic nitrogens is 3. The van der Waals surface area contributed by atoms with Crippen molar-refractivity contribution in [1.29, 1.82) is 0 Å². The van der Waals surface area contributed by atoms with Crippen LogP contribution in [0, 0.1) is 5.82 Å². The fourth-order valence-corrected chi connectivity index (χ4v) is 2.44. The molecule has 0 amide bonds. The molecule has 0 saturated carbocycles. The van der Waals surface area contributed by atoms with Gasteiger partial charge in [-0.3, -0.25) is 4.98 Å². The molecule has 2 aromatic heterocycles. The third-order valence-electron chi connectivity index (χ3n) is 3.24. The predicted octanol–water partition coefficient (Wildman–Crippen LogP) is 2.76. The van der Waals surface area contributed by atoms with Gasteiger partial charge in [0.15, 0.2) is 0 Å². The molecule has 2 heterocycles. The lowest BCUT2D eigenvalue weighted by atomic mass is 10.0. The first kappa shape index (κ1) is 13.0. The summed E-state index contributed by atoms with van der Waals surface area (Å²) >= 11 is 6.02. The van der Waals surface area contributed by atoms with Crippen molar-refractivity contribution in [2.24, 2.45) is 5.73 Å². The maximum atomic E-state index is 13.8. The summed E-state index contributed by atoms with van der Waals surface area (Å²) in [5.74, 6) is -0.345. The molecule has 20 heavy (non-hydrogen) atoms. The Labute approximate surface area is 120 Å². The van der Waals surface area contributed by atoms with Crippen LogP contribution in [-0.2, 0) is 6.42 Å². The van der Waals surface area contributed by atoms with E-state index in [-0.39, 0.29) is 5.82 Å². The van der Waals surface area contributed by atoms with Gasteiger partial charge in [0, 0.05) is 34.6 Å². The maximum absolute atomic E-state index is 13.8. The van der Waals surface area contributed by atoms with Gasteiger partial charge in [-0.1, -0.05) is 17.7 Å². The zero-order valence-corrected chi connectivity index (χ0v) is 11.3. The van der Waals surface area contributed by atoms with Crippen molar-refractivity contribution in [1.82, 2.24) is 14.6 Å². The molecular weight excluding hydrogens is 279 g/mol. The van der Waals surface area contributed by atoms with Crippen LogP contribution in [0.5, 0.6) is 0 Å². The monoisotopic (exact) mass is 290 g/mol. The van der Waals surface area contributed by atoms with Crippen molar-refractivity contribution < 1.29 is 4.39 Å². The Bertz CT molecular complexity index is 736. The fraction of sp³-hybridized carbons (Fsp3) is 0.143. The van der Waals surface area contributed by atoms with E-state index < -0.39 is 6.04 Å². The van der Waals surface area contributed by atoms with Crippen LogP contribution in [0.3, 0.4) is 0 Å². The van der Waals surface area contributed by atoms with E-state index in [9.17, 15) is 4.39 Å². The highest BCUT2D eigenvalue weighted by molar-refractivity contribution is 6.31. The molecule has 2 N–H and O–H groups in total. The summed E-state index contributed by atoms with van der Waals surface area (Å²) in [5.41, 5.74) is 8.22. The molecule has 1 aromatic carbocycles. The average Bonchev–Trinajstić information content (AvgIpc) is 2.87. The molecule has 0 saturated heterocycles. The molecule has 0 aliphatic rings. The maximum Gasteiger partial charge on any atom is 0.127 e. The van der Waals surface area contributed by atoms with Crippen LogP contribution in [-0.4, -0.2) is 14.6 Å². The van der Waals surface area contributed by atoms with E-state index in [0.717, 1.165) is 11.1 Å². The number of fused-ring (bicyclic) bond motifs is 1. The van der Waals surface area contributed by atoms with Crippen molar-refractivity contribution in [3.63, 3.8) is 0 Å². The van der Waals surface area contributed by atoms with E-state index >= 15 is 0 Å². The van der Waals surface area contributed by atoms with Crippen molar-refractivity contribution in [3.05, 3.63) is 65.0 Å². The molecule has 0 aliphatic carbocycles. The van der Waals surface area contributed by atoms with Crippen LogP contribution >= 0.6 is 11.6 Å². The van der Waals surface area contributed by atoms with Gasteiger partial charge in [0.25, 0.3) is 0 Å². The van der Waals surface area contributed by atoms with E-state index in [1.165, 1.54) is 6.07 Å². The van der Waals surface area contributed by atoms with Gasteiger partial charge in [-0.05, 0) is 18.6 Å². The molecule has 3 aromatic rings. The Morgan fingerprint density at radius 3 is 3.00 bits per heavy atom. The smallest absolute Gasteiger partial charge is 0.127 e. The Hall–Kier alpha value is -1.98. The quantitative estimate of drug-likeness (QED) is 0.807. The molecule has 0 aliphatic heterocycles. The number of nitrogens with zero attached hydrogens (tertiary/aromatic N) is 3. The normalized spacial score (nSPS) is 12.8. The Morgan fingerprint density at radius 1 is 1.35 bits per heavy atom. The third kappa shape index (κ3) is 2.26. The van der Waals surface area contributed by atoms with E-state index in [2.05, 4.69) is 10.1 Å². The highest BCUT2D eigenvalue weighted by Crippen LogP contribution is 2.26. The second kappa shape index (κ2) is 5.19. The molecule has 1 atom stereocenters. The molecule has 4 nitrogen and oxygen atoms in total. The Balaban J connectivity index is 1.95. The highest BCUT2D eigenvalue weighted by Gasteiger charge is 2.16. The molecule has 102 valence electrons. The minimum absolute atomic E-state index is 0.307. The zero-order chi connectivity index (χ0) is 14.1. The topological polar surface area (TPSA) is 56.2 Å². The zero-order valence-electron chi connectivity index (χ0n) is 10.5. The largest absolute Gasteiger partial charge is 0.324 e. The number of halogens is 2. The van der Waals surface area contributed by atoms with Crippen LogP contribution in [0.25, 0.3) is 5.52 Å². The fourth-order valence-electron chi connectivity index (χ4n) is 2.20. The third-order valence-corrected chi connectivity index (χ3v) is 3.59. The summed E-state index contributed by atoms with van der Waals surface area (Å²) in [6, 6.07) is 4.22. The van der Waals surface area contributed by atoms with Crippen LogP contribution in [0.15, 0.2) is 43.0 Å². The molecular formula is C14H12ClFN4. The van der Waals surface area contributed by atoms with Gasteiger partial charge in [0.05, 0.1) is 17.9 Å². The summed E-state index contributed by atoms with van der Waals surface area (Å²) in [5, 5.41) is 4.58. The van der Waals surface area contributed by atoms with Gasteiger partial charge in [0.2, 0.25) is 0 Å². The Kier molecular flexibility index (Phi) is 3.38. The van der Waals surface area contributed by atoms with Gasteiger partial charge < -0.3 is 5.73 Å². The van der Waals surface area contributed by atoms with E-state index in [4.69, 9.17) is 17.3 Å². The molecule has 6 heteroatoms. The SMILES string of the molecule is NC(Cc1c(F)cccc1Cl)c1cnn2ccncc12. The molecule has 0 bridgehead atoms. The van der Waals surface area contributed by atoms with Gasteiger partial charge in [-0.15, -0.1) is 0 Å². The van der Waals surface area contributed by atoms with Crippen LogP contribution < -0.4 is 5.73 Å². The molecule has 0 fully saturated rings. The minimum Gasteiger partial charge on any atom is -0.324 e. The lowest BCUT2D eigenvalue weighted by Crippen LogP contribution is -2.14. The second-order valence-corrected chi connectivity index (χ2v) is 4.92. The summed E-state index contributed by atoms with van der Waals surface area (Å²) in [7, 11) is 0. The average molecular weight is 291 g/mol. The Morgan fingerprint density at radius 2 is 2.20 bits per heavy atom. The highest BCUT2D eigenvalue weighted by atomic mass is 35.5. The second-order valence-electron chi connectivity index (χ2n) is 4.52. The number of hydrogen-bond acceptors (Lipinski definition) is 3. The van der Waals surface area contributed by atoms with Gasteiger partial charge >= 0.3 is 0 Å². The first-order valence-corrected chi connectivity index (χ1v) is 6.50. The molecule has 0 radical (unpaired) electrons. The number of benzene rings is 1. The molecule has 1 unspecified atom stereocenters. The molecule has 0 spiro atoms. The summed E-state index contributed by atoms with van der Waals surface area (Å²) in [4.78, 5) is 4.05. The van der Waals surface area contributed by atoms with Crippen LogP contribution in [0.1, 0.15) is 17.2 Å². The lowest BCUT2D eigenvalue weighted by molar-refractivity contribution is 0.594.